The zero-order valence-electron chi connectivity index (χ0n) is 6.80. The van der Waals surface area contributed by atoms with Gasteiger partial charge in [-0.15, -0.1) is 0 Å². The highest BCUT2D eigenvalue weighted by molar-refractivity contribution is 8.39. The van der Waals surface area contributed by atoms with E-state index in [1.807, 2.05) is 0 Å². The van der Waals surface area contributed by atoms with Crippen molar-refractivity contribution in [2.45, 2.75) is 5.03 Å². The van der Waals surface area contributed by atoms with Crippen molar-refractivity contribution in [2.24, 2.45) is 4.99 Å². The molecule has 2 rings (SSSR count). The lowest BCUT2D eigenvalue weighted by atomic mass is 10.5. The molecule has 1 N–H and O–H groups in total. The predicted molar refractivity (Wildman–Crippen MR) is 56.5 cm³/mol. The van der Waals surface area contributed by atoms with E-state index >= 15 is 0 Å². The van der Waals surface area contributed by atoms with E-state index in [-0.39, 0.29) is 5.75 Å². The third-order valence-electron chi connectivity index (χ3n) is 1.49. The summed E-state index contributed by atoms with van der Waals surface area (Å²) >= 11 is 3.14. The van der Waals surface area contributed by atoms with Crippen molar-refractivity contribution >= 4 is 27.9 Å². The van der Waals surface area contributed by atoms with Crippen LogP contribution in [0.4, 0.5) is 0 Å². The summed E-state index contributed by atoms with van der Waals surface area (Å²) < 4.78 is 0.994. The molecule has 0 atom stereocenters. The summed E-state index contributed by atoms with van der Waals surface area (Å²) in [6, 6.07) is 3.35. The second-order valence-corrected chi connectivity index (χ2v) is 4.75. The van der Waals surface area contributed by atoms with Crippen LogP contribution < -0.4 is 0 Å². The van der Waals surface area contributed by atoms with Gasteiger partial charge in [-0.05, 0) is 23.9 Å². The Hall–Kier alpha value is -0.680. The number of nitrogens with zero attached hydrogens (tertiary/aromatic N) is 2. The maximum Gasteiger partial charge on any atom is 0.148 e. The van der Waals surface area contributed by atoms with Gasteiger partial charge < -0.3 is 5.11 Å². The highest BCUT2D eigenvalue weighted by Gasteiger charge is 2.11. The first-order valence-corrected chi connectivity index (χ1v) is 5.65. The van der Waals surface area contributed by atoms with E-state index in [9.17, 15) is 5.11 Å². The van der Waals surface area contributed by atoms with Crippen LogP contribution in [0.2, 0.25) is 0 Å². The number of hydrogen-bond acceptors (Lipinski definition) is 5. The Labute approximate surface area is 84.7 Å². The molecule has 0 saturated heterocycles. The maximum absolute atomic E-state index is 9.42. The monoisotopic (exact) mass is 212 g/mol. The number of rotatable bonds is 1. The van der Waals surface area contributed by atoms with Gasteiger partial charge >= 0.3 is 0 Å². The summed E-state index contributed by atoms with van der Waals surface area (Å²) in [6.45, 7) is 0.876. The van der Waals surface area contributed by atoms with E-state index in [0.717, 1.165) is 16.7 Å². The van der Waals surface area contributed by atoms with Crippen molar-refractivity contribution in [3.05, 3.63) is 18.3 Å². The largest absolute Gasteiger partial charge is 0.505 e. The molecule has 0 bridgehead atoms. The van der Waals surface area contributed by atoms with Crippen molar-refractivity contribution < 1.29 is 5.11 Å². The molecule has 0 aromatic carbocycles. The molecule has 13 heavy (non-hydrogen) atoms. The fraction of sp³-hybridized carbons (Fsp3) is 0.250. The fourth-order valence-electron chi connectivity index (χ4n) is 0.921. The summed E-state index contributed by atoms with van der Waals surface area (Å²) in [4.78, 5) is 8.32. The van der Waals surface area contributed by atoms with Crippen LogP contribution in [0.15, 0.2) is 28.3 Å². The highest BCUT2D eigenvalue weighted by Crippen LogP contribution is 2.32. The summed E-state index contributed by atoms with van der Waals surface area (Å²) in [5, 5.41) is 10.1. The second kappa shape index (κ2) is 4.02. The molecule has 0 spiro atoms. The van der Waals surface area contributed by atoms with E-state index in [1.54, 1.807) is 30.1 Å². The van der Waals surface area contributed by atoms with Crippen LogP contribution in [0.3, 0.4) is 0 Å². The predicted octanol–water partition coefficient (Wildman–Crippen LogP) is 1.98. The van der Waals surface area contributed by atoms with Crippen LogP contribution in [0.1, 0.15) is 0 Å². The molecule has 2 heterocycles. The molecule has 5 heteroatoms. The Kier molecular flexibility index (Phi) is 2.75. The lowest BCUT2D eigenvalue weighted by molar-refractivity contribution is 0.457. The smallest absolute Gasteiger partial charge is 0.148 e. The fourth-order valence-corrected chi connectivity index (χ4v) is 2.79. The normalized spacial score (nSPS) is 15.8. The van der Waals surface area contributed by atoms with Gasteiger partial charge in [0.2, 0.25) is 0 Å². The van der Waals surface area contributed by atoms with E-state index in [4.69, 9.17) is 0 Å². The molecular weight excluding hydrogens is 204 g/mol. The molecule has 1 aliphatic heterocycles. The first kappa shape index (κ1) is 8.90. The van der Waals surface area contributed by atoms with E-state index in [1.165, 1.54) is 11.8 Å². The van der Waals surface area contributed by atoms with Gasteiger partial charge in [0, 0.05) is 11.9 Å². The maximum atomic E-state index is 9.42. The van der Waals surface area contributed by atoms with Gasteiger partial charge in [-0.3, -0.25) is 4.99 Å². The number of aromatic hydroxyl groups is 1. The minimum absolute atomic E-state index is 0.225. The Morgan fingerprint density at radius 3 is 3.15 bits per heavy atom. The minimum atomic E-state index is 0.225. The van der Waals surface area contributed by atoms with Crippen molar-refractivity contribution in [3.8, 4) is 5.75 Å². The molecule has 3 nitrogen and oxygen atoms in total. The molecule has 0 radical (unpaired) electrons. The number of thioether (sulfide) groups is 2. The molecule has 1 aromatic heterocycles. The van der Waals surface area contributed by atoms with E-state index in [2.05, 4.69) is 9.98 Å². The summed E-state index contributed by atoms with van der Waals surface area (Å²) in [5.41, 5.74) is 0. The molecule has 1 aromatic rings. The van der Waals surface area contributed by atoms with Gasteiger partial charge in [0.15, 0.2) is 0 Å². The third-order valence-corrected chi connectivity index (χ3v) is 3.67. The number of aromatic nitrogens is 1. The zero-order chi connectivity index (χ0) is 9.10. The lowest BCUT2D eigenvalue weighted by Crippen LogP contribution is -1.84. The van der Waals surface area contributed by atoms with Crippen LogP contribution in [0.25, 0.3) is 0 Å². The Balaban J connectivity index is 2.13. The molecule has 1 aliphatic rings. The van der Waals surface area contributed by atoms with Crippen molar-refractivity contribution in [1.29, 1.82) is 0 Å². The Morgan fingerprint density at radius 2 is 2.46 bits per heavy atom. The minimum Gasteiger partial charge on any atom is -0.505 e. The molecule has 0 saturated carbocycles. The summed E-state index contributed by atoms with van der Waals surface area (Å²) in [6.07, 6.45) is 1.67. The Morgan fingerprint density at radius 1 is 1.54 bits per heavy atom. The van der Waals surface area contributed by atoms with Gasteiger partial charge in [-0.1, -0.05) is 11.8 Å². The average molecular weight is 212 g/mol. The van der Waals surface area contributed by atoms with Gasteiger partial charge in [-0.25, -0.2) is 4.98 Å². The topological polar surface area (TPSA) is 45.5 Å². The second-order valence-electron chi connectivity index (χ2n) is 2.43. The zero-order valence-corrected chi connectivity index (χ0v) is 8.44. The van der Waals surface area contributed by atoms with Gasteiger partial charge in [-0.2, -0.15) is 0 Å². The van der Waals surface area contributed by atoms with Crippen LogP contribution >= 0.6 is 23.5 Å². The van der Waals surface area contributed by atoms with Gasteiger partial charge in [0.1, 0.15) is 15.2 Å². The van der Waals surface area contributed by atoms with Crippen LogP contribution in [-0.2, 0) is 0 Å². The van der Waals surface area contributed by atoms with Crippen molar-refractivity contribution in [1.82, 2.24) is 4.98 Å². The quantitative estimate of drug-likeness (QED) is 0.773. The molecule has 0 fully saturated rings. The molecule has 68 valence electrons. The summed E-state index contributed by atoms with van der Waals surface area (Å²) in [5.74, 6) is 1.26. The van der Waals surface area contributed by atoms with Crippen LogP contribution in [0.5, 0.6) is 5.75 Å². The SMILES string of the molecule is Oc1cccnc1SC1=NCCS1. The first-order valence-electron chi connectivity index (χ1n) is 3.85. The molecule has 0 aliphatic carbocycles. The third kappa shape index (κ3) is 2.16. The van der Waals surface area contributed by atoms with Crippen molar-refractivity contribution in [2.75, 3.05) is 12.3 Å². The standard InChI is InChI=1S/C8H8N2OS2/c11-6-2-1-3-9-7(6)13-8-10-4-5-12-8/h1-3,11H,4-5H2. The van der Waals surface area contributed by atoms with E-state index < -0.39 is 0 Å². The lowest BCUT2D eigenvalue weighted by Gasteiger charge is -2.00. The molecule has 0 unspecified atom stereocenters. The first-order chi connectivity index (χ1) is 6.36. The average Bonchev–Trinajstić information content (AvgIpc) is 2.61. The number of hydrogen-bond donors (Lipinski definition) is 1. The summed E-state index contributed by atoms with van der Waals surface area (Å²) in [7, 11) is 0. The van der Waals surface area contributed by atoms with Gasteiger partial charge in [0.05, 0.1) is 6.54 Å². The van der Waals surface area contributed by atoms with Gasteiger partial charge in [0.25, 0.3) is 0 Å². The van der Waals surface area contributed by atoms with Crippen LogP contribution in [0, 0.1) is 0 Å². The van der Waals surface area contributed by atoms with E-state index in [0.29, 0.717) is 5.03 Å². The Bertz CT molecular complexity index is 341. The van der Waals surface area contributed by atoms with Crippen molar-refractivity contribution in [3.63, 3.8) is 0 Å². The number of pyridine rings is 1. The molecule has 0 amide bonds. The highest BCUT2D eigenvalue weighted by atomic mass is 32.2. The number of aliphatic imine (C=N–C) groups is 1. The molecular formula is C8H8N2OS2. The van der Waals surface area contributed by atoms with Crippen LogP contribution in [-0.4, -0.2) is 26.8 Å².